The summed E-state index contributed by atoms with van der Waals surface area (Å²) in [7, 11) is 0. The summed E-state index contributed by atoms with van der Waals surface area (Å²) in [6.07, 6.45) is 0.287. The van der Waals surface area contributed by atoms with Gasteiger partial charge in [0.15, 0.2) is 5.78 Å². The Bertz CT molecular complexity index is 803. The van der Waals surface area contributed by atoms with Gasteiger partial charge in [-0.1, -0.05) is 48.5 Å². The molecule has 0 atom stereocenters. The molecule has 0 N–H and O–H groups in total. The first-order chi connectivity index (χ1) is 10.1. The van der Waals surface area contributed by atoms with Crippen LogP contribution in [-0.4, -0.2) is 5.78 Å². The van der Waals surface area contributed by atoms with E-state index in [4.69, 9.17) is 0 Å². The summed E-state index contributed by atoms with van der Waals surface area (Å²) in [5, 5.41) is 2.04. The number of Topliss-reactive ketones (excluding diaryl/α,β-unsaturated/α-hetero) is 1. The van der Waals surface area contributed by atoms with Crippen LogP contribution in [-0.2, 0) is 6.42 Å². The van der Waals surface area contributed by atoms with Gasteiger partial charge in [0.05, 0.1) is 0 Å². The van der Waals surface area contributed by atoms with Crippen molar-refractivity contribution < 1.29 is 9.18 Å². The summed E-state index contributed by atoms with van der Waals surface area (Å²) in [6.45, 7) is 1.95. The molecule has 0 amide bonds. The Labute approximate surface area is 123 Å². The quantitative estimate of drug-likeness (QED) is 0.634. The van der Waals surface area contributed by atoms with Crippen LogP contribution < -0.4 is 0 Å². The third kappa shape index (κ3) is 2.70. The van der Waals surface area contributed by atoms with E-state index >= 15 is 0 Å². The zero-order valence-corrected chi connectivity index (χ0v) is 11.8. The molecule has 0 radical (unpaired) electrons. The van der Waals surface area contributed by atoms with Crippen LogP contribution in [0, 0.1) is 12.7 Å². The molecule has 0 heterocycles. The molecule has 0 fully saturated rings. The number of halogens is 1. The molecule has 0 aliphatic carbocycles. The fourth-order valence-corrected chi connectivity index (χ4v) is 2.63. The van der Waals surface area contributed by atoms with Crippen LogP contribution in [0.5, 0.6) is 0 Å². The molecule has 104 valence electrons. The zero-order valence-electron chi connectivity index (χ0n) is 11.8. The minimum absolute atomic E-state index is 0.0657. The van der Waals surface area contributed by atoms with Gasteiger partial charge in [0, 0.05) is 12.0 Å². The van der Waals surface area contributed by atoms with E-state index in [1.165, 1.54) is 12.1 Å². The fraction of sp³-hybridized carbons (Fsp3) is 0.105. The van der Waals surface area contributed by atoms with Crippen LogP contribution in [0.4, 0.5) is 4.39 Å². The molecular weight excluding hydrogens is 263 g/mol. The number of hydrogen-bond acceptors (Lipinski definition) is 1. The molecule has 0 saturated heterocycles. The molecule has 3 aromatic carbocycles. The number of rotatable bonds is 3. The second kappa shape index (κ2) is 5.49. The second-order valence-corrected chi connectivity index (χ2v) is 5.21. The van der Waals surface area contributed by atoms with Crippen molar-refractivity contribution in [1.29, 1.82) is 0 Å². The van der Waals surface area contributed by atoms with Crippen LogP contribution in [0.1, 0.15) is 21.5 Å². The standard InChI is InChI=1S/C19H15FO/c1-13-6-9-15-4-2-3-5-17(15)19(13)18(21)12-14-7-10-16(20)11-8-14/h2-11H,12H2,1H3. The van der Waals surface area contributed by atoms with E-state index in [9.17, 15) is 9.18 Å². The predicted molar refractivity (Wildman–Crippen MR) is 83.1 cm³/mol. The Morgan fingerprint density at radius 2 is 1.67 bits per heavy atom. The van der Waals surface area contributed by atoms with E-state index < -0.39 is 0 Å². The van der Waals surface area contributed by atoms with Crippen LogP contribution in [0.3, 0.4) is 0 Å². The molecule has 21 heavy (non-hydrogen) atoms. The lowest BCUT2D eigenvalue weighted by atomic mass is 9.93. The first-order valence-corrected chi connectivity index (χ1v) is 6.91. The van der Waals surface area contributed by atoms with Crippen molar-refractivity contribution in [3.63, 3.8) is 0 Å². The summed E-state index contributed by atoms with van der Waals surface area (Å²) in [5.74, 6) is -0.219. The maximum Gasteiger partial charge on any atom is 0.168 e. The number of aryl methyl sites for hydroxylation is 1. The van der Waals surface area contributed by atoms with E-state index in [1.807, 2.05) is 43.3 Å². The highest BCUT2D eigenvalue weighted by Crippen LogP contribution is 2.23. The van der Waals surface area contributed by atoms with E-state index in [0.717, 1.165) is 27.5 Å². The molecule has 2 heteroatoms. The van der Waals surface area contributed by atoms with Gasteiger partial charge in [0.25, 0.3) is 0 Å². The Morgan fingerprint density at radius 1 is 0.952 bits per heavy atom. The minimum atomic E-state index is -0.285. The molecule has 0 bridgehead atoms. The van der Waals surface area contributed by atoms with E-state index in [-0.39, 0.29) is 18.0 Å². The molecule has 1 nitrogen and oxygen atoms in total. The lowest BCUT2D eigenvalue weighted by Crippen LogP contribution is -2.06. The van der Waals surface area contributed by atoms with Gasteiger partial charge in [-0.2, -0.15) is 0 Å². The van der Waals surface area contributed by atoms with Crippen LogP contribution >= 0.6 is 0 Å². The van der Waals surface area contributed by atoms with Crippen molar-refractivity contribution in [1.82, 2.24) is 0 Å². The van der Waals surface area contributed by atoms with Gasteiger partial charge < -0.3 is 0 Å². The largest absolute Gasteiger partial charge is 0.294 e. The lowest BCUT2D eigenvalue weighted by molar-refractivity contribution is 0.0994. The molecule has 0 aromatic heterocycles. The molecule has 3 aromatic rings. The summed E-state index contributed by atoms with van der Waals surface area (Å²) >= 11 is 0. The predicted octanol–water partition coefficient (Wildman–Crippen LogP) is 4.71. The number of fused-ring (bicyclic) bond motifs is 1. The Balaban J connectivity index is 2.01. The first-order valence-electron chi connectivity index (χ1n) is 6.91. The molecule has 3 rings (SSSR count). The number of benzene rings is 3. The van der Waals surface area contributed by atoms with Gasteiger partial charge in [-0.05, 0) is 41.0 Å². The molecule has 0 unspecified atom stereocenters. The highest BCUT2D eigenvalue weighted by atomic mass is 19.1. The van der Waals surface area contributed by atoms with Crippen LogP contribution in [0.2, 0.25) is 0 Å². The third-order valence-electron chi connectivity index (χ3n) is 3.69. The highest BCUT2D eigenvalue weighted by molar-refractivity contribution is 6.10. The Morgan fingerprint density at radius 3 is 2.43 bits per heavy atom. The summed E-state index contributed by atoms with van der Waals surface area (Å²) < 4.78 is 12.9. The van der Waals surface area contributed by atoms with Gasteiger partial charge in [-0.15, -0.1) is 0 Å². The summed E-state index contributed by atoms with van der Waals surface area (Å²) in [4.78, 5) is 12.6. The molecule has 0 saturated carbocycles. The second-order valence-electron chi connectivity index (χ2n) is 5.21. The smallest absolute Gasteiger partial charge is 0.168 e. The summed E-state index contributed by atoms with van der Waals surface area (Å²) in [5.41, 5.74) is 2.56. The van der Waals surface area contributed by atoms with E-state index in [0.29, 0.717) is 0 Å². The van der Waals surface area contributed by atoms with Gasteiger partial charge in [-0.3, -0.25) is 4.79 Å². The lowest BCUT2D eigenvalue weighted by Gasteiger charge is -2.09. The zero-order chi connectivity index (χ0) is 14.8. The number of carbonyl (C=O) groups is 1. The van der Waals surface area contributed by atoms with Gasteiger partial charge in [0.1, 0.15) is 5.82 Å². The molecule has 0 aliphatic rings. The van der Waals surface area contributed by atoms with Crippen molar-refractivity contribution in [2.24, 2.45) is 0 Å². The summed E-state index contributed by atoms with van der Waals surface area (Å²) in [6, 6.07) is 18.0. The molecule has 0 aliphatic heterocycles. The number of ketones is 1. The normalized spacial score (nSPS) is 10.8. The maximum atomic E-state index is 12.9. The van der Waals surface area contributed by atoms with Crippen molar-refractivity contribution >= 4 is 16.6 Å². The third-order valence-corrected chi connectivity index (χ3v) is 3.69. The van der Waals surface area contributed by atoms with Crippen molar-refractivity contribution in [3.05, 3.63) is 83.2 Å². The van der Waals surface area contributed by atoms with Crippen molar-refractivity contribution in [2.75, 3.05) is 0 Å². The van der Waals surface area contributed by atoms with Crippen LogP contribution in [0.15, 0.2) is 60.7 Å². The first kappa shape index (κ1) is 13.5. The molecule has 0 spiro atoms. The van der Waals surface area contributed by atoms with Crippen LogP contribution in [0.25, 0.3) is 10.8 Å². The van der Waals surface area contributed by atoms with Gasteiger partial charge >= 0.3 is 0 Å². The van der Waals surface area contributed by atoms with E-state index in [1.54, 1.807) is 12.1 Å². The topological polar surface area (TPSA) is 17.1 Å². The van der Waals surface area contributed by atoms with E-state index in [2.05, 4.69) is 0 Å². The van der Waals surface area contributed by atoms with Crippen molar-refractivity contribution in [3.8, 4) is 0 Å². The Hall–Kier alpha value is -2.48. The fourth-order valence-electron chi connectivity index (χ4n) is 2.63. The SMILES string of the molecule is Cc1ccc2ccccc2c1C(=O)Cc1ccc(F)cc1. The Kier molecular flexibility index (Phi) is 3.53. The number of hydrogen-bond donors (Lipinski definition) is 0. The molecular formula is C19H15FO. The minimum Gasteiger partial charge on any atom is -0.294 e. The highest BCUT2D eigenvalue weighted by Gasteiger charge is 2.13. The maximum absolute atomic E-state index is 12.9. The van der Waals surface area contributed by atoms with Gasteiger partial charge in [-0.25, -0.2) is 4.39 Å². The van der Waals surface area contributed by atoms with Crippen molar-refractivity contribution in [2.45, 2.75) is 13.3 Å². The number of carbonyl (C=O) groups excluding carboxylic acids is 1. The van der Waals surface area contributed by atoms with Gasteiger partial charge in [0.2, 0.25) is 0 Å². The monoisotopic (exact) mass is 278 g/mol. The average Bonchev–Trinajstić information content (AvgIpc) is 2.49. The average molecular weight is 278 g/mol.